The minimum Gasteiger partial charge on any atom is -0.496 e. The molecule has 17 heavy (non-hydrogen) atoms. The molecule has 1 aromatic carbocycles. The zero-order valence-corrected chi connectivity index (χ0v) is 11.5. The molecule has 0 aromatic heterocycles. The number of ether oxygens (including phenoxy) is 1. The van der Waals surface area contributed by atoms with Crippen LogP contribution in [0.5, 0.6) is 5.75 Å². The second-order valence-corrected chi connectivity index (χ2v) is 4.93. The van der Waals surface area contributed by atoms with Crippen LogP contribution in [-0.4, -0.2) is 13.2 Å². The Kier molecular flexibility index (Phi) is 5.49. The summed E-state index contributed by atoms with van der Waals surface area (Å²) >= 11 is 0. The fraction of sp³-hybridized carbons (Fsp3) is 0.600. The van der Waals surface area contributed by atoms with E-state index >= 15 is 0 Å². The molecule has 96 valence electrons. The highest BCUT2D eigenvalue weighted by molar-refractivity contribution is 5.38. The maximum atomic E-state index is 5.95. The Bertz CT molecular complexity index is 347. The van der Waals surface area contributed by atoms with Crippen molar-refractivity contribution in [2.24, 2.45) is 5.73 Å². The van der Waals surface area contributed by atoms with Crippen LogP contribution in [0, 0.1) is 0 Å². The molecule has 2 heteroatoms. The highest BCUT2D eigenvalue weighted by Gasteiger charge is 2.08. The fourth-order valence-corrected chi connectivity index (χ4v) is 1.87. The summed E-state index contributed by atoms with van der Waals surface area (Å²) in [6.45, 7) is 6.52. The van der Waals surface area contributed by atoms with Crippen LogP contribution in [0.25, 0.3) is 0 Å². The molecule has 0 fully saturated rings. The number of rotatable bonds is 6. The summed E-state index contributed by atoms with van der Waals surface area (Å²) in [5.41, 5.74) is 8.54. The van der Waals surface area contributed by atoms with Gasteiger partial charge in [0.25, 0.3) is 0 Å². The van der Waals surface area contributed by atoms with Crippen molar-refractivity contribution in [1.29, 1.82) is 0 Å². The van der Waals surface area contributed by atoms with Crippen LogP contribution >= 0.6 is 0 Å². The number of benzene rings is 1. The van der Waals surface area contributed by atoms with Gasteiger partial charge in [0.1, 0.15) is 5.75 Å². The Morgan fingerprint density at radius 3 is 2.53 bits per heavy atom. The van der Waals surface area contributed by atoms with E-state index in [1.807, 2.05) is 0 Å². The van der Waals surface area contributed by atoms with Gasteiger partial charge in [-0.15, -0.1) is 0 Å². The summed E-state index contributed by atoms with van der Waals surface area (Å²) in [6, 6.07) is 6.82. The predicted molar refractivity (Wildman–Crippen MR) is 73.7 cm³/mol. The molecule has 1 unspecified atom stereocenters. The van der Waals surface area contributed by atoms with Gasteiger partial charge in [-0.1, -0.05) is 32.9 Å². The van der Waals surface area contributed by atoms with Crippen molar-refractivity contribution >= 4 is 0 Å². The number of hydrogen-bond acceptors (Lipinski definition) is 2. The van der Waals surface area contributed by atoms with E-state index in [-0.39, 0.29) is 0 Å². The van der Waals surface area contributed by atoms with Gasteiger partial charge in [-0.25, -0.2) is 0 Å². The highest BCUT2D eigenvalue weighted by atomic mass is 16.5. The lowest BCUT2D eigenvalue weighted by Crippen LogP contribution is -2.19. The van der Waals surface area contributed by atoms with Gasteiger partial charge in [0.05, 0.1) is 7.11 Å². The molecule has 0 bridgehead atoms. The molecule has 0 saturated heterocycles. The maximum Gasteiger partial charge on any atom is 0.122 e. The van der Waals surface area contributed by atoms with E-state index in [1.54, 1.807) is 7.11 Å². The average Bonchev–Trinajstić information content (AvgIpc) is 2.35. The van der Waals surface area contributed by atoms with Crippen molar-refractivity contribution < 1.29 is 4.74 Å². The molecule has 1 atom stereocenters. The highest BCUT2D eigenvalue weighted by Crippen LogP contribution is 2.25. The number of nitrogens with two attached hydrogens (primary N) is 1. The van der Waals surface area contributed by atoms with E-state index in [2.05, 4.69) is 39.0 Å². The van der Waals surface area contributed by atoms with Crippen molar-refractivity contribution in [3.05, 3.63) is 29.3 Å². The van der Waals surface area contributed by atoms with Crippen LogP contribution in [0.4, 0.5) is 0 Å². The maximum absolute atomic E-state index is 5.95. The number of methoxy groups -OCH3 is 1. The predicted octanol–water partition coefficient (Wildman–Crippen LogP) is 3.49. The first-order chi connectivity index (χ1) is 8.08. The molecular formula is C15H25NO. The van der Waals surface area contributed by atoms with Crippen molar-refractivity contribution in [2.75, 3.05) is 7.11 Å². The third-order valence-corrected chi connectivity index (χ3v) is 3.29. The van der Waals surface area contributed by atoms with E-state index in [4.69, 9.17) is 10.5 Å². The molecule has 0 radical (unpaired) electrons. The van der Waals surface area contributed by atoms with E-state index in [0.717, 1.165) is 25.0 Å². The topological polar surface area (TPSA) is 35.2 Å². The zero-order chi connectivity index (χ0) is 12.8. The average molecular weight is 235 g/mol. The quantitative estimate of drug-likeness (QED) is 0.819. The lowest BCUT2D eigenvalue weighted by atomic mass is 9.97. The van der Waals surface area contributed by atoms with Crippen LogP contribution in [0.15, 0.2) is 18.2 Å². The molecule has 0 spiro atoms. The monoisotopic (exact) mass is 235 g/mol. The molecule has 0 aliphatic carbocycles. The molecule has 2 N–H and O–H groups in total. The number of hydrogen-bond donors (Lipinski definition) is 1. The van der Waals surface area contributed by atoms with Gasteiger partial charge in [-0.05, 0) is 42.4 Å². The van der Waals surface area contributed by atoms with Crippen LogP contribution < -0.4 is 10.5 Å². The van der Waals surface area contributed by atoms with Crippen LogP contribution in [-0.2, 0) is 6.42 Å². The van der Waals surface area contributed by atoms with Crippen molar-refractivity contribution in [3.63, 3.8) is 0 Å². The van der Waals surface area contributed by atoms with E-state index in [1.165, 1.54) is 11.1 Å². The summed E-state index contributed by atoms with van der Waals surface area (Å²) in [7, 11) is 1.74. The Morgan fingerprint density at radius 1 is 1.29 bits per heavy atom. The first-order valence-corrected chi connectivity index (χ1v) is 6.50. The third-order valence-electron chi connectivity index (χ3n) is 3.29. The Hall–Kier alpha value is -1.02. The Balaban J connectivity index is 2.78. The Morgan fingerprint density at radius 2 is 2.00 bits per heavy atom. The molecule has 2 nitrogen and oxygen atoms in total. The van der Waals surface area contributed by atoms with Crippen LogP contribution in [0.1, 0.15) is 50.7 Å². The summed E-state index contributed by atoms with van der Waals surface area (Å²) in [5, 5.41) is 0. The summed E-state index contributed by atoms with van der Waals surface area (Å²) in [6.07, 6.45) is 3.05. The summed E-state index contributed by atoms with van der Waals surface area (Å²) < 4.78 is 5.46. The molecule has 0 aliphatic heterocycles. The minimum absolute atomic E-state index is 0.296. The largest absolute Gasteiger partial charge is 0.496 e. The second kappa shape index (κ2) is 6.65. The second-order valence-electron chi connectivity index (χ2n) is 4.93. The normalized spacial score (nSPS) is 12.8. The van der Waals surface area contributed by atoms with E-state index in [9.17, 15) is 0 Å². The molecule has 0 amide bonds. The first kappa shape index (κ1) is 14.0. The van der Waals surface area contributed by atoms with Crippen LogP contribution in [0.2, 0.25) is 0 Å². The zero-order valence-electron chi connectivity index (χ0n) is 11.5. The SMILES string of the molecule is CCC(N)CCc1ccc(C(C)C)cc1OC. The molecular weight excluding hydrogens is 210 g/mol. The fourth-order valence-electron chi connectivity index (χ4n) is 1.87. The third kappa shape index (κ3) is 4.04. The van der Waals surface area contributed by atoms with Crippen LogP contribution in [0.3, 0.4) is 0 Å². The van der Waals surface area contributed by atoms with E-state index in [0.29, 0.717) is 12.0 Å². The lowest BCUT2D eigenvalue weighted by Gasteiger charge is -2.14. The van der Waals surface area contributed by atoms with Gasteiger partial charge >= 0.3 is 0 Å². The summed E-state index contributed by atoms with van der Waals surface area (Å²) in [4.78, 5) is 0. The van der Waals surface area contributed by atoms with Gasteiger partial charge < -0.3 is 10.5 Å². The smallest absolute Gasteiger partial charge is 0.122 e. The van der Waals surface area contributed by atoms with Gasteiger partial charge in [0.15, 0.2) is 0 Å². The number of aryl methyl sites for hydroxylation is 1. The molecule has 1 rings (SSSR count). The minimum atomic E-state index is 0.296. The molecule has 0 heterocycles. The van der Waals surface area contributed by atoms with Gasteiger partial charge in [-0.3, -0.25) is 0 Å². The Labute approximate surface area is 105 Å². The van der Waals surface area contributed by atoms with E-state index < -0.39 is 0 Å². The molecule has 0 saturated carbocycles. The lowest BCUT2D eigenvalue weighted by molar-refractivity contribution is 0.407. The standard InChI is InChI=1S/C15H25NO/c1-5-14(16)9-8-12-6-7-13(11(2)3)10-15(12)17-4/h6-7,10-11,14H,5,8-9,16H2,1-4H3. The van der Waals surface area contributed by atoms with Gasteiger partial charge in [0.2, 0.25) is 0 Å². The van der Waals surface area contributed by atoms with Crippen molar-refractivity contribution in [3.8, 4) is 5.75 Å². The van der Waals surface area contributed by atoms with Gasteiger partial charge in [0, 0.05) is 6.04 Å². The first-order valence-electron chi connectivity index (χ1n) is 6.50. The summed E-state index contributed by atoms with van der Waals surface area (Å²) in [5.74, 6) is 1.54. The van der Waals surface area contributed by atoms with Crippen molar-refractivity contribution in [2.45, 2.75) is 52.0 Å². The van der Waals surface area contributed by atoms with Gasteiger partial charge in [-0.2, -0.15) is 0 Å². The molecule has 1 aromatic rings. The molecule has 0 aliphatic rings. The van der Waals surface area contributed by atoms with Crippen molar-refractivity contribution in [1.82, 2.24) is 0 Å².